The molecule has 2 fully saturated rings. The molecule has 1 aliphatic carbocycles. The number of ether oxygens (including phenoxy) is 1. The Labute approximate surface area is 149 Å². The van der Waals surface area contributed by atoms with Crippen LogP contribution in [0.5, 0.6) is 0 Å². The number of para-hydroxylation sites is 1. The molecule has 0 bridgehead atoms. The highest BCUT2D eigenvalue weighted by Gasteiger charge is 2.53. The molecule has 1 saturated carbocycles. The number of halogens is 1. The first-order valence-corrected chi connectivity index (χ1v) is 8.69. The molecule has 4 rings (SSSR count). The Morgan fingerprint density at radius 1 is 1.35 bits per heavy atom. The van der Waals surface area contributed by atoms with Crippen LogP contribution in [0, 0.1) is 5.82 Å². The molecule has 26 heavy (non-hydrogen) atoms. The standard InChI is InChI=1S/C18H19FN4O3/c19-12-5-1-2-6-13(12)23-17(21-15(22-23)10-14(20)24)11-9-16(25)26-18(11)7-3-4-8-18/h1-2,5-6,11H,3-4,7-10H2,(H2,20,24)/t11-/m0/s1. The highest BCUT2D eigenvalue weighted by atomic mass is 19.1. The Morgan fingerprint density at radius 3 is 2.77 bits per heavy atom. The quantitative estimate of drug-likeness (QED) is 0.840. The van der Waals surface area contributed by atoms with Gasteiger partial charge in [0.2, 0.25) is 5.91 Å². The molecule has 2 heterocycles. The van der Waals surface area contributed by atoms with Crippen molar-refractivity contribution in [2.75, 3.05) is 0 Å². The third kappa shape index (κ3) is 2.75. The zero-order chi connectivity index (χ0) is 18.3. The van der Waals surface area contributed by atoms with Gasteiger partial charge in [-0.25, -0.2) is 14.1 Å². The normalized spacial score (nSPS) is 21.3. The SMILES string of the molecule is NC(=O)Cc1nc([C@@H]2CC(=O)OC23CCCC3)n(-c2ccccc2F)n1. The maximum atomic E-state index is 14.4. The van der Waals surface area contributed by atoms with E-state index in [0.29, 0.717) is 5.82 Å². The first-order valence-electron chi connectivity index (χ1n) is 8.69. The summed E-state index contributed by atoms with van der Waals surface area (Å²) in [5, 5.41) is 4.30. The lowest BCUT2D eigenvalue weighted by atomic mass is 9.85. The summed E-state index contributed by atoms with van der Waals surface area (Å²) in [6, 6.07) is 6.19. The smallest absolute Gasteiger partial charge is 0.307 e. The van der Waals surface area contributed by atoms with Crippen molar-refractivity contribution in [1.82, 2.24) is 14.8 Å². The number of nitrogens with zero attached hydrogens (tertiary/aromatic N) is 3. The van der Waals surface area contributed by atoms with Gasteiger partial charge in [0.05, 0.1) is 18.8 Å². The number of carbonyl (C=O) groups excluding carboxylic acids is 2. The van der Waals surface area contributed by atoms with Crippen LogP contribution in [0.2, 0.25) is 0 Å². The van der Waals surface area contributed by atoms with Gasteiger partial charge in [0.25, 0.3) is 0 Å². The van der Waals surface area contributed by atoms with Crippen LogP contribution in [-0.2, 0) is 20.7 Å². The average Bonchev–Trinajstić information content (AvgIpc) is 3.28. The van der Waals surface area contributed by atoms with Gasteiger partial charge in [-0.1, -0.05) is 12.1 Å². The van der Waals surface area contributed by atoms with Gasteiger partial charge in [0.1, 0.15) is 22.9 Å². The molecular weight excluding hydrogens is 339 g/mol. The maximum Gasteiger partial charge on any atom is 0.307 e. The summed E-state index contributed by atoms with van der Waals surface area (Å²) in [6.45, 7) is 0. The molecule has 1 aromatic carbocycles. The summed E-state index contributed by atoms with van der Waals surface area (Å²) in [5.41, 5.74) is 4.87. The second-order valence-electron chi connectivity index (χ2n) is 6.90. The van der Waals surface area contributed by atoms with E-state index in [9.17, 15) is 14.0 Å². The molecule has 2 aromatic rings. The number of hydrogen-bond acceptors (Lipinski definition) is 5. The summed E-state index contributed by atoms with van der Waals surface area (Å²) in [6.07, 6.45) is 3.45. The van der Waals surface area contributed by atoms with Gasteiger partial charge in [0.15, 0.2) is 5.82 Å². The van der Waals surface area contributed by atoms with Crippen molar-refractivity contribution in [1.29, 1.82) is 0 Å². The zero-order valence-corrected chi connectivity index (χ0v) is 14.2. The molecule has 136 valence electrons. The van der Waals surface area contributed by atoms with Crippen LogP contribution in [0.3, 0.4) is 0 Å². The van der Waals surface area contributed by atoms with Crippen molar-refractivity contribution >= 4 is 11.9 Å². The molecule has 7 nitrogen and oxygen atoms in total. The minimum atomic E-state index is -0.614. The van der Waals surface area contributed by atoms with Crippen LogP contribution >= 0.6 is 0 Å². The van der Waals surface area contributed by atoms with Crippen LogP contribution in [0.1, 0.15) is 49.7 Å². The van der Waals surface area contributed by atoms with Gasteiger partial charge in [-0.3, -0.25) is 9.59 Å². The highest BCUT2D eigenvalue weighted by Crippen LogP contribution is 2.50. The fraction of sp³-hybridized carbons (Fsp3) is 0.444. The second-order valence-corrected chi connectivity index (χ2v) is 6.90. The van der Waals surface area contributed by atoms with E-state index >= 15 is 0 Å². The molecule has 1 aromatic heterocycles. The molecule has 1 spiro atoms. The summed E-state index contributed by atoms with van der Waals surface area (Å²) in [5.74, 6) is -0.989. The Kier molecular flexibility index (Phi) is 3.97. The molecule has 1 saturated heterocycles. The number of primary amides is 1. The van der Waals surface area contributed by atoms with Crippen molar-refractivity contribution in [3.8, 4) is 5.69 Å². The molecule has 2 aliphatic rings. The van der Waals surface area contributed by atoms with Gasteiger partial charge < -0.3 is 10.5 Å². The van der Waals surface area contributed by atoms with Crippen LogP contribution in [0.25, 0.3) is 5.69 Å². The molecular formula is C18H19FN4O3. The van der Waals surface area contributed by atoms with Crippen molar-refractivity contribution in [3.05, 3.63) is 41.7 Å². The van der Waals surface area contributed by atoms with Crippen molar-refractivity contribution in [2.45, 2.75) is 50.0 Å². The van der Waals surface area contributed by atoms with E-state index in [1.54, 1.807) is 18.2 Å². The van der Waals surface area contributed by atoms with E-state index < -0.39 is 17.3 Å². The van der Waals surface area contributed by atoms with Crippen LogP contribution in [-0.4, -0.2) is 32.2 Å². The van der Waals surface area contributed by atoms with E-state index in [1.807, 2.05) is 0 Å². The Balaban J connectivity index is 1.84. The highest BCUT2D eigenvalue weighted by molar-refractivity contribution is 5.76. The van der Waals surface area contributed by atoms with Crippen LogP contribution < -0.4 is 5.73 Å². The Hall–Kier alpha value is -2.77. The molecule has 1 aliphatic heterocycles. The van der Waals surface area contributed by atoms with Gasteiger partial charge in [-0.15, -0.1) is 0 Å². The van der Waals surface area contributed by atoms with Gasteiger partial charge >= 0.3 is 5.97 Å². The minimum absolute atomic E-state index is 0.150. The summed E-state index contributed by atoms with van der Waals surface area (Å²) >= 11 is 0. The molecule has 1 amide bonds. The van der Waals surface area contributed by atoms with Gasteiger partial charge in [-0.2, -0.15) is 5.10 Å². The van der Waals surface area contributed by atoms with Crippen molar-refractivity contribution < 1.29 is 18.7 Å². The van der Waals surface area contributed by atoms with Gasteiger partial charge in [0, 0.05) is 0 Å². The molecule has 0 unspecified atom stereocenters. The lowest BCUT2D eigenvalue weighted by molar-refractivity contribution is -0.148. The molecule has 0 radical (unpaired) electrons. The first kappa shape index (κ1) is 16.7. The van der Waals surface area contributed by atoms with E-state index in [-0.39, 0.29) is 36.2 Å². The Bertz CT molecular complexity index is 873. The minimum Gasteiger partial charge on any atom is -0.458 e. The number of benzene rings is 1. The molecule has 8 heteroatoms. The number of aromatic nitrogens is 3. The number of carbonyl (C=O) groups is 2. The lowest BCUT2D eigenvalue weighted by Gasteiger charge is -2.28. The third-order valence-corrected chi connectivity index (χ3v) is 5.17. The van der Waals surface area contributed by atoms with Crippen molar-refractivity contribution in [3.63, 3.8) is 0 Å². The van der Waals surface area contributed by atoms with Gasteiger partial charge in [-0.05, 0) is 37.8 Å². The number of hydrogen-bond donors (Lipinski definition) is 1. The van der Waals surface area contributed by atoms with E-state index in [0.717, 1.165) is 25.7 Å². The number of nitrogens with two attached hydrogens (primary N) is 1. The fourth-order valence-electron chi connectivity index (χ4n) is 4.07. The van der Waals surface area contributed by atoms with Crippen molar-refractivity contribution in [2.24, 2.45) is 5.73 Å². The largest absolute Gasteiger partial charge is 0.458 e. The summed E-state index contributed by atoms with van der Waals surface area (Å²) in [4.78, 5) is 27.8. The first-order chi connectivity index (χ1) is 12.5. The lowest BCUT2D eigenvalue weighted by Crippen LogP contribution is -2.32. The van der Waals surface area contributed by atoms with Crippen LogP contribution in [0.4, 0.5) is 4.39 Å². The van der Waals surface area contributed by atoms with E-state index in [2.05, 4.69) is 10.1 Å². The zero-order valence-electron chi connectivity index (χ0n) is 14.2. The number of amides is 1. The predicted octanol–water partition coefficient (Wildman–Crippen LogP) is 1.78. The fourth-order valence-corrected chi connectivity index (χ4v) is 4.07. The topological polar surface area (TPSA) is 100 Å². The average molecular weight is 358 g/mol. The number of rotatable bonds is 4. The third-order valence-electron chi connectivity index (χ3n) is 5.17. The summed E-state index contributed by atoms with van der Waals surface area (Å²) < 4.78 is 21.5. The van der Waals surface area contributed by atoms with E-state index in [4.69, 9.17) is 10.5 Å². The Morgan fingerprint density at radius 2 is 2.08 bits per heavy atom. The monoisotopic (exact) mass is 358 g/mol. The van der Waals surface area contributed by atoms with E-state index in [1.165, 1.54) is 10.7 Å². The molecule has 1 atom stereocenters. The number of esters is 1. The second kappa shape index (κ2) is 6.19. The summed E-state index contributed by atoms with van der Waals surface area (Å²) in [7, 11) is 0. The maximum absolute atomic E-state index is 14.4. The van der Waals surface area contributed by atoms with Crippen LogP contribution in [0.15, 0.2) is 24.3 Å². The predicted molar refractivity (Wildman–Crippen MR) is 88.9 cm³/mol. The molecule has 2 N–H and O–H groups in total.